The maximum absolute atomic E-state index is 12.5. The molecule has 1 fully saturated rings. The molecule has 3 heterocycles. The Bertz CT molecular complexity index is 993. The monoisotopic (exact) mass is 484 g/mol. The molecule has 190 valence electrons. The van der Waals surface area contributed by atoms with Gasteiger partial charge in [-0.3, -0.25) is 4.68 Å². The third-order valence-corrected chi connectivity index (χ3v) is 6.18. The molecule has 2 amide bonds. The molecular weight excluding hydrogens is 448 g/mol. The van der Waals surface area contributed by atoms with E-state index in [9.17, 15) is 9.59 Å². The Hall–Kier alpha value is -3.07. The van der Waals surface area contributed by atoms with Gasteiger partial charge in [0.05, 0.1) is 37.7 Å². The number of ether oxygens (including phenoxy) is 3. The van der Waals surface area contributed by atoms with Crippen molar-refractivity contribution in [2.24, 2.45) is 5.92 Å². The third-order valence-electron chi connectivity index (χ3n) is 6.18. The number of hydrogen-bond acceptors (Lipinski definition) is 6. The van der Waals surface area contributed by atoms with Gasteiger partial charge in [-0.15, -0.1) is 0 Å². The van der Waals surface area contributed by atoms with E-state index in [1.54, 1.807) is 9.80 Å². The summed E-state index contributed by atoms with van der Waals surface area (Å²) in [6, 6.07) is 11.7. The highest BCUT2D eigenvalue weighted by molar-refractivity contribution is 5.68. The van der Waals surface area contributed by atoms with Crippen LogP contribution in [0.5, 0.6) is 0 Å². The van der Waals surface area contributed by atoms with Crippen LogP contribution in [0.1, 0.15) is 50.6 Å². The van der Waals surface area contributed by atoms with Gasteiger partial charge < -0.3 is 24.0 Å². The van der Waals surface area contributed by atoms with Crippen molar-refractivity contribution in [2.45, 2.75) is 65.5 Å². The van der Waals surface area contributed by atoms with E-state index >= 15 is 0 Å². The molecule has 9 heteroatoms. The van der Waals surface area contributed by atoms with E-state index in [0.29, 0.717) is 51.9 Å². The molecule has 0 aliphatic carbocycles. The number of amides is 2. The molecule has 2 aromatic rings. The summed E-state index contributed by atoms with van der Waals surface area (Å²) in [5.41, 5.74) is 2.35. The summed E-state index contributed by atoms with van der Waals surface area (Å²) >= 11 is 0. The highest BCUT2D eigenvalue weighted by atomic mass is 16.6. The van der Waals surface area contributed by atoms with Gasteiger partial charge in [0, 0.05) is 19.6 Å². The fourth-order valence-electron chi connectivity index (χ4n) is 4.30. The van der Waals surface area contributed by atoms with Crippen LogP contribution in [0.25, 0.3) is 0 Å². The second-order valence-electron chi connectivity index (χ2n) is 10.2. The van der Waals surface area contributed by atoms with Crippen molar-refractivity contribution in [3.8, 4) is 0 Å². The lowest BCUT2D eigenvalue weighted by molar-refractivity contribution is 0.0103. The first-order valence-electron chi connectivity index (χ1n) is 12.3. The molecular formula is C26H36N4O5. The summed E-state index contributed by atoms with van der Waals surface area (Å²) in [7, 11) is 0. The number of carbonyl (C=O) groups excluding carboxylic acids is 2. The minimum atomic E-state index is -0.472. The molecule has 2 aliphatic rings. The standard InChI is InChI=1S/C26H36N4O5/c1-26(2,3)35-25(32)28-11-9-21(10-12-28)17-33-19-22-15-23-16-29(13-14-30(23)27-22)24(31)34-18-20-7-5-4-6-8-20/h4-8,15,21H,9-14,16-19H2,1-3H3. The molecule has 2 aliphatic heterocycles. The van der Waals surface area contributed by atoms with Gasteiger partial charge >= 0.3 is 12.2 Å². The van der Waals surface area contributed by atoms with Crippen LogP contribution in [0, 0.1) is 5.92 Å². The summed E-state index contributed by atoms with van der Waals surface area (Å²) in [6.45, 7) is 10.1. The molecule has 4 rings (SSSR count). The first-order chi connectivity index (χ1) is 16.8. The molecule has 0 bridgehead atoms. The number of fused-ring (bicyclic) bond motifs is 1. The molecule has 1 saturated heterocycles. The number of carbonyl (C=O) groups is 2. The molecule has 0 atom stereocenters. The lowest BCUT2D eigenvalue weighted by Crippen LogP contribution is -2.42. The largest absolute Gasteiger partial charge is 0.445 e. The van der Waals surface area contributed by atoms with Gasteiger partial charge in [-0.1, -0.05) is 30.3 Å². The second kappa shape index (κ2) is 11.1. The molecule has 1 aromatic carbocycles. The van der Waals surface area contributed by atoms with Crippen LogP contribution >= 0.6 is 0 Å². The van der Waals surface area contributed by atoms with E-state index < -0.39 is 5.60 Å². The molecule has 0 N–H and O–H groups in total. The number of rotatable bonds is 6. The average Bonchev–Trinajstić information content (AvgIpc) is 3.24. The predicted molar refractivity (Wildman–Crippen MR) is 129 cm³/mol. The van der Waals surface area contributed by atoms with Crippen molar-refractivity contribution in [2.75, 3.05) is 26.2 Å². The summed E-state index contributed by atoms with van der Waals surface area (Å²) in [5, 5.41) is 4.63. The quantitative estimate of drug-likeness (QED) is 0.611. The SMILES string of the molecule is CC(C)(C)OC(=O)N1CCC(COCc2cc3n(n2)CCN(C(=O)OCc2ccccc2)C3)CC1. The number of nitrogens with zero attached hydrogens (tertiary/aromatic N) is 4. The van der Waals surface area contributed by atoms with E-state index in [1.165, 1.54) is 0 Å². The Kier molecular flexibility index (Phi) is 7.95. The van der Waals surface area contributed by atoms with Crippen molar-refractivity contribution in [1.29, 1.82) is 0 Å². The van der Waals surface area contributed by atoms with E-state index in [-0.39, 0.29) is 18.8 Å². The number of benzene rings is 1. The van der Waals surface area contributed by atoms with Crippen molar-refractivity contribution >= 4 is 12.2 Å². The lowest BCUT2D eigenvalue weighted by atomic mass is 9.98. The van der Waals surface area contributed by atoms with Crippen LogP contribution in [0.15, 0.2) is 36.4 Å². The molecule has 0 saturated carbocycles. The Labute approximate surface area is 206 Å². The van der Waals surface area contributed by atoms with Gasteiger partial charge in [-0.25, -0.2) is 9.59 Å². The zero-order valence-electron chi connectivity index (χ0n) is 20.9. The smallest absolute Gasteiger partial charge is 0.410 e. The second-order valence-corrected chi connectivity index (χ2v) is 10.2. The first-order valence-corrected chi connectivity index (χ1v) is 12.3. The van der Waals surface area contributed by atoms with Crippen molar-refractivity contribution < 1.29 is 23.8 Å². The third kappa shape index (κ3) is 7.21. The summed E-state index contributed by atoms with van der Waals surface area (Å²) < 4.78 is 18.8. The van der Waals surface area contributed by atoms with Crippen LogP contribution < -0.4 is 0 Å². The number of aromatic nitrogens is 2. The van der Waals surface area contributed by atoms with E-state index in [0.717, 1.165) is 29.8 Å². The van der Waals surface area contributed by atoms with Gasteiger partial charge in [0.25, 0.3) is 0 Å². The van der Waals surface area contributed by atoms with Crippen LogP contribution in [0.3, 0.4) is 0 Å². The Morgan fingerprint density at radius 2 is 1.71 bits per heavy atom. The van der Waals surface area contributed by atoms with E-state index in [2.05, 4.69) is 5.10 Å². The molecule has 1 aromatic heterocycles. The lowest BCUT2D eigenvalue weighted by Gasteiger charge is -2.33. The zero-order valence-corrected chi connectivity index (χ0v) is 20.9. The average molecular weight is 485 g/mol. The van der Waals surface area contributed by atoms with Gasteiger partial charge in [-0.2, -0.15) is 5.10 Å². The molecule has 0 spiro atoms. The van der Waals surface area contributed by atoms with Gasteiger partial charge in [0.1, 0.15) is 12.2 Å². The van der Waals surface area contributed by atoms with Gasteiger partial charge in [0.2, 0.25) is 0 Å². The Morgan fingerprint density at radius 1 is 0.971 bits per heavy atom. The minimum absolute atomic E-state index is 0.238. The molecule has 9 nitrogen and oxygen atoms in total. The summed E-state index contributed by atoms with van der Waals surface area (Å²) in [6.07, 6.45) is 1.26. The molecule has 0 unspecified atom stereocenters. The minimum Gasteiger partial charge on any atom is -0.445 e. The van der Waals surface area contributed by atoms with Crippen molar-refractivity contribution in [3.05, 3.63) is 53.3 Å². The van der Waals surface area contributed by atoms with Crippen LogP contribution in [0.4, 0.5) is 9.59 Å². The first kappa shape index (κ1) is 25.0. The maximum atomic E-state index is 12.5. The molecule has 35 heavy (non-hydrogen) atoms. The van der Waals surface area contributed by atoms with Crippen LogP contribution in [-0.2, 0) is 40.5 Å². The zero-order chi connectivity index (χ0) is 24.8. The number of hydrogen-bond donors (Lipinski definition) is 0. The summed E-state index contributed by atoms with van der Waals surface area (Å²) in [4.78, 5) is 28.2. The fourth-order valence-corrected chi connectivity index (χ4v) is 4.30. The normalized spacial score (nSPS) is 16.7. The van der Waals surface area contributed by atoms with E-state index in [4.69, 9.17) is 14.2 Å². The summed E-state index contributed by atoms with van der Waals surface area (Å²) in [5.74, 6) is 0.417. The van der Waals surface area contributed by atoms with Crippen molar-refractivity contribution in [1.82, 2.24) is 19.6 Å². The highest BCUT2D eigenvalue weighted by Gasteiger charge is 2.27. The van der Waals surface area contributed by atoms with Gasteiger partial charge in [-0.05, 0) is 51.2 Å². The Morgan fingerprint density at radius 3 is 2.43 bits per heavy atom. The maximum Gasteiger partial charge on any atom is 0.410 e. The van der Waals surface area contributed by atoms with Crippen LogP contribution in [0.2, 0.25) is 0 Å². The van der Waals surface area contributed by atoms with E-state index in [1.807, 2.05) is 61.9 Å². The number of piperidine rings is 1. The predicted octanol–water partition coefficient (Wildman–Crippen LogP) is 4.20. The number of likely N-dealkylation sites (tertiary alicyclic amines) is 1. The molecule has 0 radical (unpaired) electrons. The Balaban J connectivity index is 1.17. The van der Waals surface area contributed by atoms with Crippen molar-refractivity contribution in [3.63, 3.8) is 0 Å². The fraction of sp³-hybridized carbons (Fsp3) is 0.577. The van der Waals surface area contributed by atoms with Gasteiger partial charge in [0.15, 0.2) is 0 Å². The highest BCUT2D eigenvalue weighted by Crippen LogP contribution is 2.21. The van der Waals surface area contributed by atoms with Crippen LogP contribution in [-0.4, -0.2) is 63.6 Å². The topological polar surface area (TPSA) is 86.1 Å².